The molecule has 2 aliphatic carbocycles. The topological polar surface area (TPSA) is 58.4 Å². The minimum absolute atomic E-state index is 0. The highest BCUT2D eigenvalue weighted by molar-refractivity contribution is 7.07. The molecule has 6 heteroatoms. The van der Waals surface area contributed by atoms with Crippen molar-refractivity contribution in [1.29, 1.82) is 0 Å². The van der Waals surface area contributed by atoms with Crippen LogP contribution in [0.5, 0.6) is 0 Å². The predicted molar refractivity (Wildman–Crippen MR) is 105 cm³/mol. The fourth-order valence-electron chi connectivity index (χ4n) is 4.84. The van der Waals surface area contributed by atoms with Crippen LogP contribution in [0.1, 0.15) is 50.5 Å². The number of carbonyl (C=O) groups excluding carboxylic acids is 1. The summed E-state index contributed by atoms with van der Waals surface area (Å²) in [5.74, 6) is 0.517. The zero-order chi connectivity index (χ0) is 16.6. The van der Waals surface area contributed by atoms with Gasteiger partial charge in [0.2, 0.25) is 5.91 Å². The van der Waals surface area contributed by atoms with E-state index in [1.165, 1.54) is 24.8 Å². The molecule has 0 aromatic carbocycles. The molecule has 2 heterocycles. The van der Waals surface area contributed by atoms with E-state index in [2.05, 4.69) is 27.0 Å². The lowest BCUT2D eigenvalue weighted by Crippen LogP contribution is -2.44. The van der Waals surface area contributed by atoms with Gasteiger partial charge in [-0.2, -0.15) is 11.3 Å². The van der Waals surface area contributed by atoms with Crippen molar-refractivity contribution in [1.82, 2.24) is 10.2 Å². The van der Waals surface area contributed by atoms with Gasteiger partial charge in [0.25, 0.3) is 0 Å². The zero-order valence-corrected chi connectivity index (χ0v) is 16.4. The maximum Gasteiger partial charge on any atom is 0.226 e. The second-order valence-electron chi connectivity index (χ2n) is 8.05. The Labute approximate surface area is 160 Å². The molecule has 2 saturated carbocycles. The first-order chi connectivity index (χ1) is 11.7. The number of nitrogens with one attached hydrogen (secondary N) is 1. The Kier molecular flexibility index (Phi) is 6.09. The van der Waals surface area contributed by atoms with E-state index in [9.17, 15) is 4.79 Å². The van der Waals surface area contributed by atoms with Gasteiger partial charge < -0.3 is 16.0 Å². The summed E-state index contributed by atoms with van der Waals surface area (Å²) in [6.07, 6.45) is 7.71. The van der Waals surface area contributed by atoms with Gasteiger partial charge in [-0.3, -0.25) is 4.79 Å². The molecule has 3 aliphatic rings. The summed E-state index contributed by atoms with van der Waals surface area (Å²) in [7, 11) is 0. The first-order valence-electron chi connectivity index (χ1n) is 9.46. The Morgan fingerprint density at radius 1 is 1.36 bits per heavy atom. The van der Waals surface area contributed by atoms with Gasteiger partial charge in [-0.15, -0.1) is 12.4 Å². The normalized spacial score (nSPS) is 30.5. The maximum atomic E-state index is 13.3. The second kappa shape index (κ2) is 7.95. The average molecular weight is 384 g/mol. The number of rotatable bonds is 4. The van der Waals surface area contributed by atoms with Crippen molar-refractivity contribution in [2.24, 2.45) is 17.1 Å². The third-order valence-electron chi connectivity index (χ3n) is 6.40. The third-order valence-corrected chi connectivity index (χ3v) is 7.13. The predicted octanol–water partition coefficient (Wildman–Crippen LogP) is 3.16. The summed E-state index contributed by atoms with van der Waals surface area (Å²) >= 11 is 1.72. The van der Waals surface area contributed by atoms with E-state index < -0.39 is 0 Å². The zero-order valence-electron chi connectivity index (χ0n) is 14.8. The van der Waals surface area contributed by atoms with Gasteiger partial charge in [0, 0.05) is 24.5 Å². The minimum atomic E-state index is 0. The van der Waals surface area contributed by atoms with Gasteiger partial charge in [-0.1, -0.05) is 6.42 Å². The summed E-state index contributed by atoms with van der Waals surface area (Å²) < 4.78 is 0. The molecule has 3 atom stereocenters. The molecule has 3 fully saturated rings. The quantitative estimate of drug-likeness (QED) is 0.839. The van der Waals surface area contributed by atoms with Crippen molar-refractivity contribution < 1.29 is 4.79 Å². The molecule has 1 aromatic rings. The molecule has 1 amide bonds. The number of nitrogens with zero attached hydrogens (tertiary/aromatic N) is 1. The molecular formula is C19H30ClN3OS. The van der Waals surface area contributed by atoms with E-state index in [1.807, 2.05) is 0 Å². The summed E-state index contributed by atoms with van der Waals surface area (Å²) in [4.78, 5) is 15.6. The molecule has 1 saturated heterocycles. The molecule has 1 aromatic heterocycles. The lowest BCUT2D eigenvalue weighted by Gasteiger charge is -2.34. The summed E-state index contributed by atoms with van der Waals surface area (Å²) in [6.45, 7) is 2.99. The van der Waals surface area contributed by atoms with Crippen molar-refractivity contribution >= 4 is 29.7 Å². The number of amides is 1. The van der Waals surface area contributed by atoms with Crippen LogP contribution < -0.4 is 11.1 Å². The third kappa shape index (κ3) is 4.05. The van der Waals surface area contributed by atoms with Crippen LogP contribution in [0.25, 0.3) is 0 Å². The van der Waals surface area contributed by atoms with Crippen LogP contribution in [0.4, 0.5) is 0 Å². The monoisotopic (exact) mass is 383 g/mol. The fraction of sp³-hybridized carbons (Fsp3) is 0.737. The standard InChI is InChI=1S/C19H29N3OS.ClH/c20-16-3-1-2-15(10-16)18(23)22(12-14-4-9-24-13-14)17-11-19(17)5-7-21-8-6-19;/h4,9,13,15-17,21H,1-3,5-8,10-12,20H2;1H. The lowest BCUT2D eigenvalue weighted by atomic mass is 9.85. The Morgan fingerprint density at radius 3 is 2.84 bits per heavy atom. The molecule has 1 spiro atoms. The number of halogens is 1. The highest BCUT2D eigenvalue weighted by Gasteiger charge is 2.58. The van der Waals surface area contributed by atoms with E-state index in [-0.39, 0.29) is 24.4 Å². The second-order valence-corrected chi connectivity index (χ2v) is 8.83. The van der Waals surface area contributed by atoms with Crippen molar-refractivity contribution in [3.05, 3.63) is 22.4 Å². The first-order valence-corrected chi connectivity index (χ1v) is 10.4. The molecule has 4 rings (SSSR count). The molecule has 0 bridgehead atoms. The molecule has 140 valence electrons. The van der Waals surface area contributed by atoms with Crippen LogP contribution in [-0.4, -0.2) is 36.0 Å². The van der Waals surface area contributed by atoms with Crippen LogP contribution in [0.2, 0.25) is 0 Å². The highest BCUT2D eigenvalue weighted by Crippen LogP contribution is 2.56. The van der Waals surface area contributed by atoms with Crippen LogP contribution in [0.3, 0.4) is 0 Å². The van der Waals surface area contributed by atoms with Crippen molar-refractivity contribution in [3.8, 4) is 0 Å². The van der Waals surface area contributed by atoms with Gasteiger partial charge in [0.1, 0.15) is 0 Å². The molecule has 0 radical (unpaired) electrons. The van der Waals surface area contributed by atoms with E-state index in [1.54, 1.807) is 11.3 Å². The largest absolute Gasteiger partial charge is 0.335 e. The highest BCUT2D eigenvalue weighted by atomic mass is 35.5. The van der Waals surface area contributed by atoms with Crippen molar-refractivity contribution in [2.45, 2.75) is 63.6 Å². The number of thiophene rings is 1. The molecule has 25 heavy (non-hydrogen) atoms. The van der Waals surface area contributed by atoms with Gasteiger partial charge in [-0.05, 0) is 79.4 Å². The van der Waals surface area contributed by atoms with E-state index in [0.29, 0.717) is 17.4 Å². The molecule has 1 aliphatic heterocycles. The van der Waals surface area contributed by atoms with Crippen LogP contribution in [0, 0.1) is 11.3 Å². The smallest absolute Gasteiger partial charge is 0.226 e. The van der Waals surface area contributed by atoms with Gasteiger partial charge in [0.15, 0.2) is 0 Å². The molecule has 3 N–H and O–H groups in total. The van der Waals surface area contributed by atoms with Crippen LogP contribution in [-0.2, 0) is 11.3 Å². The molecule has 4 nitrogen and oxygen atoms in total. The average Bonchev–Trinajstić information content (AvgIpc) is 3.04. The maximum absolute atomic E-state index is 13.3. The molecular weight excluding hydrogens is 354 g/mol. The summed E-state index contributed by atoms with van der Waals surface area (Å²) in [6, 6.07) is 2.82. The number of nitrogens with two attached hydrogens (primary N) is 1. The summed E-state index contributed by atoms with van der Waals surface area (Å²) in [5, 5.41) is 7.76. The van der Waals surface area contributed by atoms with Crippen molar-refractivity contribution in [3.63, 3.8) is 0 Å². The fourth-order valence-corrected chi connectivity index (χ4v) is 5.50. The van der Waals surface area contributed by atoms with Crippen molar-refractivity contribution in [2.75, 3.05) is 13.1 Å². The van der Waals surface area contributed by atoms with Gasteiger partial charge in [-0.25, -0.2) is 0 Å². The van der Waals surface area contributed by atoms with Gasteiger partial charge >= 0.3 is 0 Å². The van der Waals surface area contributed by atoms with Crippen LogP contribution >= 0.6 is 23.7 Å². The van der Waals surface area contributed by atoms with Gasteiger partial charge in [0.05, 0.1) is 0 Å². The Bertz CT molecular complexity index is 573. The lowest BCUT2D eigenvalue weighted by molar-refractivity contribution is -0.138. The Hall–Kier alpha value is -0.620. The Morgan fingerprint density at radius 2 is 2.16 bits per heavy atom. The number of carbonyl (C=O) groups is 1. The Balaban J connectivity index is 0.00000182. The van der Waals surface area contributed by atoms with E-state index in [0.717, 1.165) is 45.3 Å². The number of piperidine rings is 1. The molecule has 3 unspecified atom stereocenters. The van der Waals surface area contributed by atoms with E-state index in [4.69, 9.17) is 5.73 Å². The number of hydrogen-bond acceptors (Lipinski definition) is 4. The minimum Gasteiger partial charge on any atom is -0.335 e. The first kappa shape index (κ1) is 19.2. The van der Waals surface area contributed by atoms with E-state index >= 15 is 0 Å². The SMILES string of the molecule is Cl.NC1CCCC(C(=O)N(Cc2ccsc2)C2CC23CCNCC3)C1. The van der Waals surface area contributed by atoms with Crippen LogP contribution in [0.15, 0.2) is 16.8 Å². The number of hydrogen-bond donors (Lipinski definition) is 2. The summed E-state index contributed by atoms with van der Waals surface area (Å²) in [5.41, 5.74) is 7.83.